The van der Waals surface area contributed by atoms with Crippen LogP contribution in [0.4, 0.5) is 5.69 Å². The molecular formula is C23H22N2O4. The zero-order valence-electron chi connectivity index (χ0n) is 16.8. The van der Waals surface area contributed by atoms with Crippen LogP contribution in [0.5, 0.6) is 0 Å². The number of nitrogens with zero attached hydrogens (tertiary/aromatic N) is 2. The van der Waals surface area contributed by atoms with Gasteiger partial charge in [0.2, 0.25) is 0 Å². The second kappa shape index (κ2) is 8.56. The van der Waals surface area contributed by atoms with E-state index in [1.54, 1.807) is 36.5 Å². The molecule has 0 N–H and O–H groups in total. The molecule has 1 aromatic heterocycles. The zero-order chi connectivity index (χ0) is 21.0. The van der Waals surface area contributed by atoms with Crippen molar-refractivity contribution in [2.24, 2.45) is 4.99 Å². The number of ether oxygens (including phenoxy) is 2. The maximum Gasteiger partial charge on any atom is 0.337 e. The maximum absolute atomic E-state index is 11.7. The number of benzene rings is 2. The van der Waals surface area contributed by atoms with Crippen LogP contribution in [0.3, 0.4) is 0 Å². The summed E-state index contributed by atoms with van der Waals surface area (Å²) in [4.78, 5) is 27.8. The minimum atomic E-state index is -0.393. The number of aromatic nitrogens is 1. The summed E-state index contributed by atoms with van der Waals surface area (Å²) in [6, 6.07) is 16.3. The number of hydrogen-bond donors (Lipinski definition) is 0. The first-order valence-electron chi connectivity index (χ1n) is 9.04. The van der Waals surface area contributed by atoms with Gasteiger partial charge in [0, 0.05) is 28.9 Å². The molecule has 148 valence electrons. The van der Waals surface area contributed by atoms with Crippen LogP contribution >= 0.6 is 0 Å². The van der Waals surface area contributed by atoms with Gasteiger partial charge in [-0.25, -0.2) is 9.59 Å². The minimum absolute atomic E-state index is 0.362. The van der Waals surface area contributed by atoms with Gasteiger partial charge in [-0.05, 0) is 62.4 Å². The molecule has 3 rings (SSSR count). The van der Waals surface area contributed by atoms with Gasteiger partial charge in [0.1, 0.15) is 0 Å². The van der Waals surface area contributed by atoms with E-state index >= 15 is 0 Å². The van der Waals surface area contributed by atoms with Gasteiger partial charge >= 0.3 is 11.9 Å². The summed E-state index contributed by atoms with van der Waals surface area (Å²) in [6.07, 6.45) is 1.78. The Morgan fingerprint density at radius 3 is 2.21 bits per heavy atom. The molecule has 0 aliphatic rings. The molecule has 6 heteroatoms. The quantitative estimate of drug-likeness (QED) is 0.478. The van der Waals surface area contributed by atoms with Gasteiger partial charge in [0.05, 0.1) is 31.0 Å². The Hall–Kier alpha value is -3.67. The highest BCUT2D eigenvalue weighted by Gasteiger charge is 2.11. The molecule has 0 bridgehead atoms. The van der Waals surface area contributed by atoms with Crippen LogP contribution < -0.4 is 0 Å². The van der Waals surface area contributed by atoms with Gasteiger partial charge < -0.3 is 14.0 Å². The van der Waals surface area contributed by atoms with Crippen molar-refractivity contribution in [2.45, 2.75) is 13.8 Å². The predicted molar refractivity (Wildman–Crippen MR) is 112 cm³/mol. The van der Waals surface area contributed by atoms with E-state index in [1.807, 2.05) is 38.1 Å². The molecule has 0 fully saturated rings. The Morgan fingerprint density at radius 1 is 0.897 bits per heavy atom. The molecule has 0 atom stereocenters. The van der Waals surface area contributed by atoms with Crippen molar-refractivity contribution in [3.8, 4) is 5.69 Å². The van der Waals surface area contributed by atoms with Gasteiger partial charge in [-0.1, -0.05) is 6.07 Å². The smallest absolute Gasteiger partial charge is 0.337 e. The lowest BCUT2D eigenvalue weighted by molar-refractivity contribution is 0.0592. The fraction of sp³-hybridized carbons (Fsp3) is 0.174. The standard InChI is InChI=1S/C23H22N2O4/c1-15-12-19(14-24-20-7-5-6-18(13-20)23(27)29-4)16(2)25(15)21-10-8-17(9-11-21)22(26)28-3/h5-14H,1-4H3. The summed E-state index contributed by atoms with van der Waals surface area (Å²) in [5, 5.41) is 0. The highest BCUT2D eigenvalue weighted by molar-refractivity contribution is 5.91. The first kappa shape index (κ1) is 20.1. The van der Waals surface area contributed by atoms with Crippen molar-refractivity contribution in [3.05, 3.63) is 82.7 Å². The van der Waals surface area contributed by atoms with Gasteiger partial charge in [0.15, 0.2) is 0 Å². The molecule has 0 aliphatic carbocycles. The number of rotatable bonds is 5. The largest absolute Gasteiger partial charge is 0.465 e. The molecule has 0 saturated carbocycles. The zero-order valence-corrected chi connectivity index (χ0v) is 16.8. The Kier molecular flexibility index (Phi) is 5.93. The highest BCUT2D eigenvalue weighted by Crippen LogP contribution is 2.22. The third-order valence-corrected chi connectivity index (χ3v) is 4.64. The Morgan fingerprint density at radius 2 is 1.55 bits per heavy atom. The van der Waals surface area contributed by atoms with Crippen LogP contribution in [0.2, 0.25) is 0 Å². The maximum atomic E-state index is 11.7. The van der Waals surface area contributed by atoms with E-state index in [4.69, 9.17) is 9.47 Å². The number of aliphatic imine (C=N–C) groups is 1. The lowest BCUT2D eigenvalue weighted by Crippen LogP contribution is -2.03. The fourth-order valence-electron chi connectivity index (χ4n) is 3.16. The summed E-state index contributed by atoms with van der Waals surface area (Å²) < 4.78 is 11.6. The van der Waals surface area contributed by atoms with Gasteiger partial charge in [0.25, 0.3) is 0 Å². The average Bonchev–Trinajstić information content (AvgIpc) is 3.04. The fourth-order valence-corrected chi connectivity index (χ4v) is 3.16. The van der Waals surface area contributed by atoms with Crippen molar-refractivity contribution in [3.63, 3.8) is 0 Å². The molecule has 0 saturated heterocycles. The van der Waals surface area contributed by atoms with Gasteiger partial charge in [-0.3, -0.25) is 4.99 Å². The van der Waals surface area contributed by atoms with Crippen molar-refractivity contribution < 1.29 is 19.1 Å². The van der Waals surface area contributed by atoms with E-state index in [2.05, 4.69) is 9.56 Å². The lowest BCUT2D eigenvalue weighted by atomic mass is 10.2. The Bertz CT molecular complexity index is 1080. The van der Waals surface area contributed by atoms with Crippen LogP contribution in [0.1, 0.15) is 37.7 Å². The summed E-state index contributed by atoms with van der Waals surface area (Å²) >= 11 is 0. The van der Waals surface area contributed by atoms with E-state index in [0.29, 0.717) is 16.8 Å². The topological polar surface area (TPSA) is 69.9 Å². The molecule has 0 aliphatic heterocycles. The number of hydrogen-bond acceptors (Lipinski definition) is 5. The monoisotopic (exact) mass is 390 g/mol. The number of methoxy groups -OCH3 is 2. The molecule has 0 unspecified atom stereocenters. The number of esters is 2. The molecule has 0 amide bonds. The normalized spacial score (nSPS) is 10.9. The van der Waals surface area contributed by atoms with Crippen LogP contribution in [0.25, 0.3) is 5.69 Å². The molecule has 1 heterocycles. The molecular weight excluding hydrogens is 368 g/mol. The SMILES string of the molecule is COC(=O)c1ccc(-n2c(C)cc(C=Nc3cccc(C(=O)OC)c3)c2C)cc1. The van der Waals surface area contributed by atoms with Crippen LogP contribution in [-0.2, 0) is 9.47 Å². The number of aryl methyl sites for hydroxylation is 1. The molecule has 3 aromatic rings. The van der Waals surface area contributed by atoms with E-state index in [1.165, 1.54) is 14.2 Å². The second-order valence-electron chi connectivity index (χ2n) is 6.50. The average molecular weight is 390 g/mol. The molecule has 2 aromatic carbocycles. The van der Waals surface area contributed by atoms with Crippen molar-refractivity contribution in [1.82, 2.24) is 4.57 Å². The molecule has 0 spiro atoms. The van der Waals surface area contributed by atoms with Crippen LogP contribution in [0, 0.1) is 13.8 Å². The Balaban J connectivity index is 1.89. The number of carbonyl (C=O) groups excluding carboxylic acids is 2. The van der Waals surface area contributed by atoms with Gasteiger partial charge in [-0.15, -0.1) is 0 Å². The third kappa shape index (κ3) is 4.27. The number of carbonyl (C=O) groups is 2. The van der Waals surface area contributed by atoms with Crippen molar-refractivity contribution >= 4 is 23.8 Å². The highest BCUT2D eigenvalue weighted by atomic mass is 16.5. The summed E-state index contributed by atoms with van der Waals surface area (Å²) in [7, 11) is 2.72. The molecule has 0 radical (unpaired) electrons. The Labute approximate surface area is 169 Å². The van der Waals surface area contributed by atoms with E-state index in [0.717, 1.165) is 22.6 Å². The lowest BCUT2D eigenvalue weighted by Gasteiger charge is -2.10. The molecule has 29 heavy (non-hydrogen) atoms. The second-order valence-corrected chi connectivity index (χ2v) is 6.50. The first-order chi connectivity index (χ1) is 13.9. The van der Waals surface area contributed by atoms with E-state index < -0.39 is 5.97 Å². The van der Waals surface area contributed by atoms with Crippen molar-refractivity contribution in [2.75, 3.05) is 14.2 Å². The molecule has 6 nitrogen and oxygen atoms in total. The summed E-state index contributed by atoms with van der Waals surface area (Å²) in [5.74, 6) is -0.755. The first-order valence-corrected chi connectivity index (χ1v) is 9.04. The third-order valence-electron chi connectivity index (χ3n) is 4.64. The van der Waals surface area contributed by atoms with Crippen molar-refractivity contribution in [1.29, 1.82) is 0 Å². The minimum Gasteiger partial charge on any atom is -0.465 e. The summed E-state index contributed by atoms with van der Waals surface area (Å²) in [5.41, 5.74) is 5.59. The van der Waals surface area contributed by atoms with Crippen LogP contribution in [-0.4, -0.2) is 36.9 Å². The van der Waals surface area contributed by atoms with Gasteiger partial charge in [-0.2, -0.15) is 0 Å². The summed E-state index contributed by atoms with van der Waals surface area (Å²) in [6.45, 7) is 4.02. The van der Waals surface area contributed by atoms with E-state index in [-0.39, 0.29) is 5.97 Å². The van der Waals surface area contributed by atoms with Crippen LogP contribution in [0.15, 0.2) is 59.6 Å². The predicted octanol–water partition coefficient (Wildman–Crippen LogP) is 4.42. The van der Waals surface area contributed by atoms with E-state index in [9.17, 15) is 9.59 Å².